The summed E-state index contributed by atoms with van der Waals surface area (Å²) in [5.41, 5.74) is 2.84. The van der Waals surface area contributed by atoms with Gasteiger partial charge < -0.3 is 15.3 Å². The van der Waals surface area contributed by atoms with E-state index in [4.69, 9.17) is 5.11 Å². The number of aliphatic carboxylic acids is 1. The highest BCUT2D eigenvalue weighted by Gasteiger charge is 2.34. The van der Waals surface area contributed by atoms with E-state index in [9.17, 15) is 9.59 Å². The third-order valence-electron chi connectivity index (χ3n) is 3.50. The summed E-state index contributed by atoms with van der Waals surface area (Å²) >= 11 is 1.45. The minimum absolute atomic E-state index is 0.343. The molecule has 1 aliphatic heterocycles. The number of rotatable bonds is 3. The van der Waals surface area contributed by atoms with Crippen LogP contribution >= 0.6 is 11.8 Å². The molecule has 8 heteroatoms. The fourth-order valence-electron chi connectivity index (χ4n) is 2.19. The maximum Gasteiger partial charge on any atom is 0.327 e. The van der Waals surface area contributed by atoms with Crippen molar-refractivity contribution in [1.29, 1.82) is 0 Å². The molecule has 0 saturated carbocycles. The van der Waals surface area contributed by atoms with E-state index < -0.39 is 12.0 Å². The standard InChI is InChI=1S/C12H18N4O3S/c1-7-9(8(2)15(3)14-7)4-13-12(19)16-6-20-5-10(16)11(17)18/h10H,4-6H2,1-3H3,(H,13,19)(H,17,18). The molecular formula is C12H18N4O3S. The first-order chi connectivity index (χ1) is 9.41. The predicted molar refractivity (Wildman–Crippen MR) is 75.5 cm³/mol. The van der Waals surface area contributed by atoms with Crippen LogP contribution in [0, 0.1) is 13.8 Å². The van der Waals surface area contributed by atoms with Crippen molar-refractivity contribution < 1.29 is 14.7 Å². The second-order valence-electron chi connectivity index (χ2n) is 4.76. The lowest BCUT2D eigenvalue weighted by molar-refractivity contribution is -0.140. The van der Waals surface area contributed by atoms with Crippen molar-refractivity contribution in [2.45, 2.75) is 26.4 Å². The Morgan fingerprint density at radius 3 is 2.75 bits per heavy atom. The number of thioether (sulfide) groups is 1. The molecule has 1 aliphatic rings. The number of hydrogen-bond donors (Lipinski definition) is 2. The lowest BCUT2D eigenvalue weighted by Gasteiger charge is -2.20. The Hall–Kier alpha value is -1.70. The topological polar surface area (TPSA) is 87.5 Å². The molecule has 1 atom stereocenters. The van der Waals surface area contributed by atoms with Crippen molar-refractivity contribution in [3.8, 4) is 0 Å². The normalized spacial score (nSPS) is 18.4. The van der Waals surface area contributed by atoms with Crippen molar-refractivity contribution in [1.82, 2.24) is 20.0 Å². The molecule has 0 radical (unpaired) electrons. The molecule has 1 aromatic heterocycles. The molecule has 2 N–H and O–H groups in total. The Labute approximate surface area is 121 Å². The number of carbonyl (C=O) groups is 2. The number of hydrogen-bond acceptors (Lipinski definition) is 4. The van der Waals surface area contributed by atoms with Gasteiger partial charge in [-0.05, 0) is 13.8 Å². The highest BCUT2D eigenvalue weighted by molar-refractivity contribution is 7.99. The highest BCUT2D eigenvalue weighted by Crippen LogP contribution is 2.21. The van der Waals surface area contributed by atoms with E-state index in [1.807, 2.05) is 20.9 Å². The minimum atomic E-state index is -0.959. The molecule has 2 amide bonds. The van der Waals surface area contributed by atoms with Gasteiger partial charge in [-0.25, -0.2) is 9.59 Å². The highest BCUT2D eigenvalue weighted by atomic mass is 32.2. The van der Waals surface area contributed by atoms with Gasteiger partial charge in [0.25, 0.3) is 0 Å². The third kappa shape index (κ3) is 2.74. The zero-order valence-electron chi connectivity index (χ0n) is 11.7. The first kappa shape index (κ1) is 14.7. The summed E-state index contributed by atoms with van der Waals surface area (Å²) in [5.74, 6) is -0.111. The summed E-state index contributed by atoms with van der Waals surface area (Å²) in [6.45, 7) is 4.19. The van der Waals surface area contributed by atoms with E-state index >= 15 is 0 Å². The SMILES string of the molecule is Cc1nn(C)c(C)c1CNC(=O)N1CSCC1C(=O)O. The van der Waals surface area contributed by atoms with Gasteiger partial charge in [-0.15, -0.1) is 11.8 Å². The molecule has 20 heavy (non-hydrogen) atoms. The minimum Gasteiger partial charge on any atom is -0.480 e. The number of carboxylic acid groups (broad SMARTS) is 1. The molecule has 2 heterocycles. The predicted octanol–water partition coefficient (Wildman–Crippen LogP) is 0.706. The van der Waals surface area contributed by atoms with Gasteiger partial charge >= 0.3 is 12.0 Å². The van der Waals surface area contributed by atoms with Gasteiger partial charge in [-0.3, -0.25) is 4.68 Å². The number of carbonyl (C=O) groups excluding carboxylic acids is 1. The number of carboxylic acids is 1. The zero-order chi connectivity index (χ0) is 14.9. The molecule has 0 aliphatic carbocycles. The van der Waals surface area contributed by atoms with Crippen molar-refractivity contribution in [2.24, 2.45) is 7.05 Å². The number of aromatic nitrogens is 2. The fraction of sp³-hybridized carbons (Fsp3) is 0.583. The number of nitrogens with one attached hydrogen (secondary N) is 1. The van der Waals surface area contributed by atoms with Crippen LogP contribution in [0.2, 0.25) is 0 Å². The summed E-state index contributed by atoms with van der Waals surface area (Å²) in [7, 11) is 1.85. The summed E-state index contributed by atoms with van der Waals surface area (Å²) in [4.78, 5) is 24.5. The Morgan fingerprint density at radius 1 is 1.50 bits per heavy atom. The molecule has 0 bridgehead atoms. The number of nitrogens with zero attached hydrogens (tertiary/aromatic N) is 3. The first-order valence-electron chi connectivity index (χ1n) is 6.26. The number of aryl methyl sites for hydroxylation is 2. The van der Waals surface area contributed by atoms with Crippen LogP contribution in [-0.4, -0.2) is 49.5 Å². The average Bonchev–Trinajstić information content (AvgIpc) is 2.95. The molecule has 1 unspecified atom stereocenters. The molecule has 110 valence electrons. The molecule has 2 rings (SSSR count). The molecule has 0 aromatic carbocycles. The third-order valence-corrected chi connectivity index (χ3v) is 4.52. The first-order valence-corrected chi connectivity index (χ1v) is 7.41. The van der Waals surface area contributed by atoms with E-state index in [2.05, 4.69) is 10.4 Å². The largest absolute Gasteiger partial charge is 0.480 e. The van der Waals surface area contributed by atoms with Crippen molar-refractivity contribution in [3.05, 3.63) is 17.0 Å². The molecule has 1 saturated heterocycles. The van der Waals surface area contributed by atoms with Gasteiger partial charge in [-0.1, -0.05) is 0 Å². The van der Waals surface area contributed by atoms with Crippen LogP contribution in [0.4, 0.5) is 4.79 Å². The van der Waals surface area contributed by atoms with Crippen LogP contribution in [-0.2, 0) is 18.4 Å². The number of amides is 2. The summed E-state index contributed by atoms with van der Waals surface area (Å²) < 4.78 is 1.77. The Kier molecular flexibility index (Phi) is 4.22. The monoisotopic (exact) mass is 298 g/mol. The van der Waals surface area contributed by atoms with E-state index in [0.717, 1.165) is 17.0 Å². The molecule has 0 spiro atoms. The molecular weight excluding hydrogens is 280 g/mol. The lowest BCUT2D eigenvalue weighted by atomic mass is 10.2. The lowest BCUT2D eigenvalue weighted by Crippen LogP contribution is -2.46. The quantitative estimate of drug-likeness (QED) is 0.858. The zero-order valence-corrected chi connectivity index (χ0v) is 12.5. The van der Waals surface area contributed by atoms with Gasteiger partial charge in [0.05, 0.1) is 11.6 Å². The van der Waals surface area contributed by atoms with Gasteiger partial charge in [0.2, 0.25) is 0 Å². The van der Waals surface area contributed by atoms with Crippen LogP contribution in [0.25, 0.3) is 0 Å². The second-order valence-corrected chi connectivity index (χ2v) is 5.76. The Balaban J connectivity index is 2.00. The van der Waals surface area contributed by atoms with Gasteiger partial charge in [-0.2, -0.15) is 5.10 Å². The van der Waals surface area contributed by atoms with Crippen molar-refractivity contribution in [3.63, 3.8) is 0 Å². The van der Waals surface area contributed by atoms with Crippen molar-refractivity contribution >= 4 is 23.8 Å². The maximum atomic E-state index is 12.1. The van der Waals surface area contributed by atoms with E-state index in [1.165, 1.54) is 16.7 Å². The van der Waals surface area contributed by atoms with Gasteiger partial charge in [0.1, 0.15) is 6.04 Å². The van der Waals surface area contributed by atoms with Gasteiger partial charge in [0.15, 0.2) is 0 Å². The van der Waals surface area contributed by atoms with Gasteiger partial charge in [0, 0.05) is 30.6 Å². The summed E-state index contributed by atoms with van der Waals surface area (Å²) in [6, 6.07) is -1.08. The average molecular weight is 298 g/mol. The van der Waals surface area contributed by atoms with Crippen LogP contribution in [0.5, 0.6) is 0 Å². The Morgan fingerprint density at radius 2 is 2.20 bits per heavy atom. The number of urea groups is 1. The van der Waals surface area contributed by atoms with Crippen LogP contribution in [0.15, 0.2) is 0 Å². The molecule has 7 nitrogen and oxygen atoms in total. The maximum absolute atomic E-state index is 12.1. The van der Waals surface area contributed by atoms with E-state index in [-0.39, 0.29) is 6.03 Å². The summed E-state index contributed by atoms with van der Waals surface area (Å²) in [5, 5.41) is 16.1. The second kappa shape index (κ2) is 5.74. The van der Waals surface area contributed by atoms with Crippen LogP contribution in [0.3, 0.4) is 0 Å². The molecule has 1 aromatic rings. The molecule has 1 fully saturated rings. The smallest absolute Gasteiger partial charge is 0.327 e. The fourth-order valence-corrected chi connectivity index (χ4v) is 3.33. The van der Waals surface area contributed by atoms with Crippen LogP contribution in [0.1, 0.15) is 17.0 Å². The summed E-state index contributed by atoms with van der Waals surface area (Å²) in [6.07, 6.45) is 0. The van der Waals surface area contributed by atoms with Crippen LogP contribution < -0.4 is 5.32 Å². The Bertz CT molecular complexity index is 543. The van der Waals surface area contributed by atoms with E-state index in [0.29, 0.717) is 18.2 Å². The van der Waals surface area contributed by atoms with Crippen molar-refractivity contribution in [2.75, 3.05) is 11.6 Å². The van der Waals surface area contributed by atoms with E-state index in [1.54, 1.807) is 4.68 Å².